The fourth-order valence-corrected chi connectivity index (χ4v) is 1.84. The zero-order valence-corrected chi connectivity index (χ0v) is 7.83. The van der Waals surface area contributed by atoms with Crippen LogP contribution in [0.5, 0.6) is 0 Å². The highest BCUT2D eigenvalue weighted by Gasteiger charge is 2.56. The maximum atomic E-state index is 9.88. The maximum absolute atomic E-state index is 9.88. The lowest BCUT2D eigenvalue weighted by Gasteiger charge is -2.29. The Bertz CT molecular complexity index is 165. The Balaban J connectivity index is 2.65. The molecule has 0 saturated heterocycles. The highest BCUT2D eigenvalue weighted by atomic mass is 35.5. The van der Waals surface area contributed by atoms with Gasteiger partial charge in [0.05, 0.1) is 10.8 Å². The van der Waals surface area contributed by atoms with Crippen molar-refractivity contribution in [1.29, 1.82) is 0 Å². The van der Waals surface area contributed by atoms with E-state index in [0.29, 0.717) is 6.42 Å². The SMILES string of the molecule is C=CCC(O)(CCl)C1(Cl)CC1. The zero-order valence-electron chi connectivity index (χ0n) is 6.32. The predicted molar refractivity (Wildman–Crippen MR) is 48.3 cm³/mol. The first-order valence-electron chi connectivity index (χ1n) is 3.66. The second-order valence-electron chi connectivity index (χ2n) is 3.12. The van der Waals surface area contributed by atoms with E-state index >= 15 is 0 Å². The minimum atomic E-state index is -0.947. The van der Waals surface area contributed by atoms with Crippen molar-refractivity contribution in [2.75, 3.05) is 5.88 Å². The van der Waals surface area contributed by atoms with Gasteiger partial charge in [0.2, 0.25) is 0 Å². The lowest BCUT2D eigenvalue weighted by molar-refractivity contribution is 0.0542. The standard InChI is InChI=1S/C8H12Cl2O/c1-2-3-8(11,6-9)7(10)4-5-7/h2,11H,1,3-6H2. The van der Waals surface area contributed by atoms with Crippen LogP contribution in [0.25, 0.3) is 0 Å². The first-order valence-corrected chi connectivity index (χ1v) is 4.57. The van der Waals surface area contributed by atoms with Crippen molar-refractivity contribution in [3.63, 3.8) is 0 Å². The molecule has 0 heterocycles. The third-order valence-corrected chi connectivity index (χ3v) is 3.40. The van der Waals surface area contributed by atoms with Crippen LogP contribution in [0.3, 0.4) is 0 Å². The molecule has 1 fully saturated rings. The Morgan fingerprint density at radius 1 is 1.64 bits per heavy atom. The van der Waals surface area contributed by atoms with Crippen molar-refractivity contribution in [2.45, 2.75) is 29.7 Å². The molecule has 3 heteroatoms. The van der Waals surface area contributed by atoms with Gasteiger partial charge in [-0.15, -0.1) is 29.8 Å². The van der Waals surface area contributed by atoms with Gasteiger partial charge in [-0.1, -0.05) is 6.08 Å². The summed E-state index contributed by atoms with van der Waals surface area (Å²) in [6.45, 7) is 3.56. The lowest BCUT2D eigenvalue weighted by Crippen LogP contribution is -2.42. The summed E-state index contributed by atoms with van der Waals surface area (Å²) in [5.74, 6) is 0.183. The number of aliphatic hydroxyl groups is 1. The Labute approximate surface area is 77.0 Å². The molecule has 0 aliphatic heterocycles. The highest BCUT2D eigenvalue weighted by Crippen LogP contribution is 2.52. The summed E-state index contributed by atoms with van der Waals surface area (Å²) in [4.78, 5) is -0.469. The van der Waals surface area contributed by atoms with Crippen LogP contribution < -0.4 is 0 Å². The molecule has 64 valence electrons. The van der Waals surface area contributed by atoms with E-state index in [0.717, 1.165) is 12.8 Å². The molecule has 0 spiro atoms. The predicted octanol–water partition coefficient (Wildman–Crippen LogP) is 2.30. The lowest BCUT2D eigenvalue weighted by atomic mass is 9.95. The summed E-state index contributed by atoms with van der Waals surface area (Å²) < 4.78 is 0. The molecule has 1 unspecified atom stereocenters. The maximum Gasteiger partial charge on any atom is 0.101 e. The number of hydrogen-bond acceptors (Lipinski definition) is 1. The van der Waals surface area contributed by atoms with Crippen LogP contribution in [0.1, 0.15) is 19.3 Å². The molecule has 1 N–H and O–H groups in total. The van der Waals surface area contributed by atoms with E-state index in [1.165, 1.54) is 0 Å². The van der Waals surface area contributed by atoms with Crippen LogP contribution in [0.2, 0.25) is 0 Å². The van der Waals surface area contributed by atoms with E-state index in [2.05, 4.69) is 6.58 Å². The van der Waals surface area contributed by atoms with Gasteiger partial charge in [0.25, 0.3) is 0 Å². The van der Waals surface area contributed by atoms with Crippen LogP contribution in [-0.4, -0.2) is 21.5 Å². The van der Waals surface area contributed by atoms with Crippen LogP contribution in [0, 0.1) is 0 Å². The quantitative estimate of drug-likeness (QED) is 0.539. The van der Waals surface area contributed by atoms with E-state index in [1.807, 2.05) is 0 Å². The number of halogens is 2. The molecule has 1 aliphatic rings. The van der Waals surface area contributed by atoms with Gasteiger partial charge in [-0.25, -0.2) is 0 Å². The molecule has 0 aromatic rings. The van der Waals surface area contributed by atoms with E-state index in [-0.39, 0.29) is 5.88 Å². The summed E-state index contributed by atoms with van der Waals surface area (Å²) >= 11 is 11.7. The van der Waals surface area contributed by atoms with Crippen molar-refractivity contribution in [3.8, 4) is 0 Å². The molecule has 0 bridgehead atoms. The molecule has 1 atom stereocenters. The molecule has 1 nitrogen and oxygen atoms in total. The summed E-state index contributed by atoms with van der Waals surface area (Å²) in [6, 6.07) is 0. The van der Waals surface area contributed by atoms with Crippen molar-refractivity contribution in [3.05, 3.63) is 12.7 Å². The van der Waals surface area contributed by atoms with Crippen LogP contribution in [-0.2, 0) is 0 Å². The Kier molecular flexibility index (Phi) is 2.53. The van der Waals surface area contributed by atoms with E-state index in [1.54, 1.807) is 6.08 Å². The molecular weight excluding hydrogens is 183 g/mol. The normalized spacial score (nSPS) is 25.7. The summed E-state index contributed by atoms with van der Waals surface area (Å²) in [5.41, 5.74) is -0.947. The first kappa shape index (κ1) is 9.37. The van der Waals surface area contributed by atoms with Crippen molar-refractivity contribution in [2.24, 2.45) is 0 Å². The van der Waals surface area contributed by atoms with Crippen molar-refractivity contribution >= 4 is 23.2 Å². The summed E-state index contributed by atoms with van der Waals surface area (Å²) in [6.07, 6.45) is 3.84. The fraction of sp³-hybridized carbons (Fsp3) is 0.750. The molecule has 1 rings (SSSR count). The summed E-state index contributed by atoms with van der Waals surface area (Å²) in [7, 11) is 0. The minimum absolute atomic E-state index is 0.183. The second kappa shape index (κ2) is 2.96. The summed E-state index contributed by atoms with van der Waals surface area (Å²) in [5, 5.41) is 9.88. The molecule has 0 amide bonds. The average molecular weight is 195 g/mol. The van der Waals surface area contributed by atoms with E-state index < -0.39 is 10.5 Å². The number of alkyl halides is 2. The fourth-order valence-electron chi connectivity index (χ4n) is 1.17. The first-order chi connectivity index (χ1) is 5.08. The van der Waals surface area contributed by atoms with Crippen molar-refractivity contribution < 1.29 is 5.11 Å². The van der Waals surface area contributed by atoms with Gasteiger partial charge in [-0.3, -0.25) is 0 Å². The Morgan fingerprint density at radius 2 is 2.18 bits per heavy atom. The van der Waals surface area contributed by atoms with Crippen LogP contribution in [0.4, 0.5) is 0 Å². The highest BCUT2D eigenvalue weighted by molar-refractivity contribution is 6.28. The monoisotopic (exact) mass is 194 g/mol. The van der Waals surface area contributed by atoms with Gasteiger partial charge in [0.1, 0.15) is 5.60 Å². The molecule has 0 aromatic heterocycles. The molecule has 1 saturated carbocycles. The molecule has 0 radical (unpaired) electrons. The van der Waals surface area contributed by atoms with Gasteiger partial charge in [0, 0.05) is 0 Å². The molecule has 0 aromatic carbocycles. The average Bonchev–Trinajstić information content (AvgIpc) is 2.70. The zero-order chi connectivity index (χ0) is 8.54. The van der Waals surface area contributed by atoms with Gasteiger partial charge < -0.3 is 5.11 Å². The molecular formula is C8H12Cl2O. The van der Waals surface area contributed by atoms with Gasteiger partial charge in [0.15, 0.2) is 0 Å². The third kappa shape index (κ3) is 1.56. The Morgan fingerprint density at radius 3 is 2.45 bits per heavy atom. The minimum Gasteiger partial charge on any atom is -0.386 e. The number of hydrogen-bond donors (Lipinski definition) is 1. The second-order valence-corrected chi connectivity index (χ2v) is 4.11. The smallest absolute Gasteiger partial charge is 0.101 e. The van der Waals surface area contributed by atoms with Gasteiger partial charge >= 0.3 is 0 Å². The van der Waals surface area contributed by atoms with Crippen molar-refractivity contribution in [1.82, 2.24) is 0 Å². The Hall–Kier alpha value is 0.280. The van der Waals surface area contributed by atoms with E-state index in [4.69, 9.17) is 23.2 Å². The molecule has 1 aliphatic carbocycles. The topological polar surface area (TPSA) is 20.2 Å². The van der Waals surface area contributed by atoms with Crippen LogP contribution >= 0.6 is 23.2 Å². The van der Waals surface area contributed by atoms with Gasteiger partial charge in [-0.2, -0.15) is 0 Å². The van der Waals surface area contributed by atoms with E-state index in [9.17, 15) is 5.11 Å². The largest absolute Gasteiger partial charge is 0.386 e. The van der Waals surface area contributed by atoms with Gasteiger partial charge in [-0.05, 0) is 19.3 Å². The van der Waals surface area contributed by atoms with Crippen LogP contribution in [0.15, 0.2) is 12.7 Å². The molecule has 11 heavy (non-hydrogen) atoms. The number of rotatable bonds is 4. The third-order valence-electron chi connectivity index (χ3n) is 2.23.